The predicted octanol–water partition coefficient (Wildman–Crippen LogP) is 3.88. The summed E-state index contributed by atoms with van der Waals surface area (Å²) in [7, 11) is 2.17. The van der Waals surface area contributed by atoms with E-state index in [1.54, 1.807) is 11.3 Å². The Morgan fingerprint density at radius 2 is 2.06 bits per heavy atom. The molecule has 0 saturated carbocycles. The molecule has 0 amide bonds. The van der Waals surface area contributed by atoms with E-state index in [0.29, 0.717) is 18.6 Å². The van der Waals surface area contributed by atoms with Crippen molar-refractivity contribution in [1.82, 2.24) is 4.90 Å². The molecule has 1 rings (SSSR count). The van der Waals surface area contributed by atoms with E-state index < -0.39 is 0 Å². The Morgan fingerprint density at radius 3 is 2.41 bits per heavy atom. The zero-order valence-electron chi connectivity index (χ0n) is 11.3. The van der Waals surface area contributed by atoms with Gasteiger partial charge in [0.2, 0.25) is 0 Å². The van der Waals surface area contributed by atoms with Gasteiger partial charge in [-0.05, 0) is 46.8 Å². The van der Waals surface area contributed by atoms with Crippen LogP contribution in [-0.4, -0.2) is 24.5 Å². The van der Waals surface area contributed by atoms with E-state index in [9.17, 15) is 0 Å². The summed E-state index contributed by atoms with van der Waals surface area (Å²) in [4.78, 5) is 3.71. The fourth-order valence-electron chi connectivity index (χ4n) is 1.88. The first-order chi connectivity index (χ1) is 7.79. The van der Waals surface area contributed by atoms with Crippen LogP contribution in [0.25, 0.3) is 0 Å². The molecule has 98 valence electrons. The third-order valence-corrected chi connectivity index (χ3v) is 5.50. The van der Waals surface area contributed by atoms with Crippen LogP contribution >= 0.6 is 27.3 Å². The van der Waals surface area contributed by atoms with Gasteiger partial charge in [0.15, 0.2) is 0 Å². The molecule has 0 aliphatic carbocycles. The molecule has 2 N–H and O–H groups in total. The Balaban J connectivity index is 2.93. The lowest BCUT2D eigenvalue weighted by Gasteiger charge is -2.39. The van der Waals surface area contributed by atoms with Crippen molar-refractivity contribution < 1.29 is 0 Å². The van der Waals surface area contributed by atoms with E-state index in [1.807, 2.05) is 0 Å². The van der Waals surface area contributed by atoms with Crippen molar-refractivity contribution >= 4 is 27.3 Å². The van der Waals surface area contributed by atoms with Crippen LogP contribution < -0.4 is 5.73 Å². The standard InChI is InChI=1S/C13H23BrN2S/c1-9(13(2,3)4)16(5)11(8-15)12-10(14)6-7-17-12/h6-7,9,11H,8,15H2,1-5H3. The van der Waals surface area contributed by atoms with Crippen LogP contribution in [0.5, 0.6) is 0 Å². The highest BCUT2D eigenvalue weighted by atomic mass is 79.9. The van der Waals surface area contributed by atoms with Crippen LogP contribution in [0.15, 0.2) is 15.9 Å². The molecule has 0 aliphatic heterocycles. The number of thiophene rings is 1. The molecule has 0 spiro atoms. The van der Waals surface area contributed by atoms with Crippen molar-refractivity contribution in [1.29, 1.82) is 0 Å². The van der Waals surface area contributed by atoms with E-state index in [2.05, 4.69) is 67.0 Å². The fraction of sp³-hybridized carbons (Fsp3) is 0.692. The smallest absolute Gasteiger partial charge is 0.0575 e. The predicted molar refractivity (Wildman–Crippen MR) is 80.5 cm³/mol. The van der Waals surface area contributed by atoms with E-state index in [-0.39, 0.29) is 5.41 Å². The topological polar surface area (TPSA) is 29.3 Å². The maximum Gasteiger partial charge on any atom is 0.0575 e. The van der Waals surface area contributed by atoms with Gasteiger partial charge in [-0.2, -0.15) is 0 Å². The highest BCUT2D eigenvalue weighted by Gasteiger charge is 2.29. The summed E-state index contributed by atoms with van der Waals surface area (Å²) in [6.07, 6.45) is 0. The second-order valence-corrected chi connectivity index (χ2v) is 7.39. The maximum atomic E-state index is 5.96. The molecule has 4 heteroatoms. The number of hydrogen-bond donors (Lipinski definition) is 1. The normalized spacial score (nSPS) is 16.2. The minimum atomic E-state index is 0.256. The molecule has 2 unspecified atom stereocenters. The highest BCUT2D eigenvalue weighted by molar-refractivity contribution is 9.10. The zero-order valence-corrected chi connectivity index (χ0v) is 13.7. The van der Waals surface area contributed by atoms with Crippen LogP contribution in [0.2, 0.25) is 0 Å². The van der Waals surface area contributed by atoms with Gasteiger partial charge in [0.05, 0.1) is 6.04 Å². The Kier molecular flexibility index (Phi) is 5.20. The van der Waals surface area contributed by atoms with Gasteiger partial charge in [-0.3, -0.25) is 4.90 Å². The first-order valence-corrected chi connectivity index (χ1v) is 7.61. The lowest BCUT2D eigenvalue weighted by Crippen LogP contribution is -2.43. The Hall–Kier alpha value is 0.100. The molecule has 1 heterocycles. The molecule has 0 aromatic carbocycles. The molecule has 17 heavy (non-hydrogen) atoms. The van der Waals surface area contributed by atoms with Gasteiger partial charge in [-0.1, -0.05) is 20.8 Å². The molecule has 0 fully saturated rings. The molecule has 2 nitrogen and oxygen atoms in total. The third-order valence-electron chi connectivity index (χ3n) is 3.53. The van der Waals surface area contributed by atoms with E-state index in [4.69, 9.17) is 5.73 Å². The van der Waals surface area contributed by atoms with Crippen molar-refractivity contribution in [2.24, 2.45) is 11.1 Å². The number of nitrogens with two attached hydrogens (primary N) is 1. The summed E-state index contributed by atoms with van der Waals surface area (Å²) >= 11 is 5.37. The molecule has 1 aromatic rings. The van der Waals surface area contributed by atoms with Crippen molar-refractivity contribution in [2.45, 2.75) is 39.8 Å². The van der Waals surface area contributed by atoms with E-state index in [0.717, 1.165) is 0 Å². The lowest BCUT2D eigenvalue weighted by atomic mass is 9.86. The van der Waals surface area contributed by atoms with Crippen LogP contribution in [0.3, 0.4) is 0 Å². The fourth-order valence-corrected chi connectivity index (χ4v) is 3.68. The summed E-state index contributed by atoms with van der Waals surface area (Å²) in [5.41, 5.74) is 6.21. The van der Waals surface area contributed by atoms with Gasteiger partial charge in [0, 0.05) is 21.9 Å². The lowest BCUT2D eigenvalue weighted by molar-refractivity contribution is 0.101. The SMILES string of the molecule is CC(N(C)C(CN)c1sccc1Br)C(C)(C)C. The summed E-state index contributed by atoms with van der Waals surface area (Å²) in [5.74, 6) is 0. The minimum absolute atomic E-state index is 0.256. The van der Waals surface area contributed by atoms with Crippen molar-refractivity contribution in [3.05, 3.63) is 20.8 Å². The average Bonchev–Trinajstić information content (AvgIpc) is 2.63. The summed E-state index contributed by atoms with van der Waals surface area (Å²) in [6.45, 7) is 9.72. The van der Waals surface area contributed by atoms with Crippen molar-refractivity contribution in [3.8, 4) is 0 Å². The monoisotopic (exact) mass is 318 g/mol. The number of halogens is 1. The number of nitrogens with zero attached hydrogens (tertiary/aromatic N) is 1. The van der Waals surface area contributed by atoms with Crippen LogP contribution in [0.1, 0.15) is 38.6 Å². The molecule has 1 aromatic heterocycles. The minimum Gasteiger partial charge on any atom is -0.329 e. The Morgan fingerprint density at radius 1 is 1.47 bits per heavy atom. The Labute approximate surface area is 117 Å². The van der Waals surface area contributed by atoms with Crippen LogP contribution in [0, 0.1) is 5.41 Å². The number of hydrogen-bond acceptors (Lipinski definition) is 3. The number of rotatable bonds is 4. The molecule has 0 bridgehead atoms. The van der Waals surface area contributed by atoms with Gasteiger partial charge < -0.3 is 5.73 Å². The van der Waals surface area contributed by atoms with Crippen LogP contribution in [0.4, 0.5) is 0 Å². The second-order valence-electron chi connectivity index (χ2n) is 5.59. The molecule has 0 radical (unpaired) electrons. The van der Waals surface area contributed by atoms with Gasteiger partial charge in [0.1, 0.15) is 0 Å². The van der Waals surface area contributed by atoms with Gasteiger partial charge >= 0.3 is 0 Å². The highest BCUT2D eigenvalue weighted by Crippen LogP contribution is 2.35. The molecule has 0 saturated heterocycles. The van der Waals surface area contributed by atoms with Gasteiger partial charge in [-0.25, -0.2) is 0 Å². The quantitative estimate of drug-likeness (QED) is 0.912. The number of likely N-dealkylation sites (N-methyl/N-ethyl adjacent to an activating group) is 1. The molecule has 0 aliphatic rings. The summed E-state index contributed by atoms with van der Waals surface area (Å²) in [5, 5.41) is 2.11. The zero-order chi connectivity index (χ0) is 13.2. The van der Waals surface area contributed by atoms with Gasteiger partial charge in [0.25, 0.3) is 0 Å². The largest absolute Gasteiger partial charge is 0.329 e. The van der Waals surface area contributed by atoms with Crippen molar-refractivity contribution in [2.75, 3.05) is 13.6 Å². The second kappa shape index (κ2) is 5.83. The summed E-state index contributed by atoms with van der Waals surface area (Å²) < 4.78 is 1.17. The third kappa shape index (κ3) is 3.53. The first kappa shape index (κ1) is 15.2. The Bertz CT molecular complexity index is 357. The van der Waals surface area contributed by atoms with Gasteiger partial charge in [-0.15, -0.1) is 11.3 Å². The molecule has 2 atom stereocenters. The summed E-state index contributed by atoms with van der Waals surface area (Å²) in [6, 6.07) is 2.86. The van der Waals surface area contributed by atoms with E-state index >= 15 is 0 Å². The van der Waals surface area contributed by atoms with Crippen molar-refractivity contribution in [3.63, 3.8) is 0 Å². The van der Waals surface area contributed by atoms with Crippen LogP contribution in [-0.2, 0) is 0 Å². The first-order valence-electron chi connectivity index (χ1n) is 5.94. The average molecular weight is 319 g/mol. The van der Waals surface area contributed by atoms with E-state index in [1.165, 1.54) is 9.35 Å². The molecular weight excluding hydrogens is 296 g/mol. The maximum absolute atomic E-state index is 5.96. The molecular formula is C13H23BrN2S.